The van der Waals surface area contributed by atoms with Crippen LogP contribution in [0.1, 0.15) is 18.1 Å². The zero-order valence-corrected chi connectivity index (χ0v) is 8.73. The molecule has 78 valence electrons. The Kier molecular flexibility index (Phi) is 3.87. The van der Waals surface area contributed by atoms with Crippen LogP contribution in [0.5, 0.6) is 0 Å². The van der Waals surface area contributed by atoms with Gasteiger partial charge in [0.05, 0.1) is 6.54 Å². The fourth-order valence-corrected chi connectivity index (χ4v) is 1.05. The molecular formula is C12H12FNO. The van der Waals surface area contributed by atoms with Gasteiger partial charge in [0.1, 0.15) is 5.82 Å². The van der Waals surface area contributed by atoms with Crippen molar-refractivity contribution in [2.45, 2.75) is 13.8 Å². The Bertz CT molecular complexity index is 429. The van der Waals surface area contributed by atoms with E-state index in [0.29, 0.717) is 11.1 Å². The third kappa shape index (κ3) is 3.43. The molecule has 0 aliphatic carbocycles. The van der Waals surface area contributed by atoms with Gasteiger partial charge in [0.2, 0.25) is 5.91 Å². The number of benzene rings is 1. The van der Waals surface area contributed by atoms with Gasteiger partial charge in [-0.2, -0.15) is 0 Å². The van der Waals surface area contributed by atoms with Crippen LogP contribution in [0.25, 0.3) is 0 Å². The van der Waals surface area contributed by atoms with Gasteiger partial charge in [-0.15, -0.1) is 0 Å². The summed E-state index contributed by atoms with van der Waals surface area (Å²) in [5.41, 5.74) is 1.19. The van der Waals surface area contributed by atoms with Crippen molar-refractivity contribution in [1.29, 1.82) is 0 Å². The molecule has 0 saturated carbocycles. The van der Waals surface area contributed by atoms with Crippen LogP contribution in [0.3, 0.4) is 0 Å². The number of nitrogens with one attached hydrogen (secondary N) is 1. The van der Waals surface area contributed by atoms with Crippen molar-refractivity contribution in [1.82, 2.24) is 5.32 Å². The zero-order chi connectivity index (χ0) is 11.3. The quantitative estimate of drug-likeness (QED) is 0.693. The fraction of sp³-hybridized carbons (Fsp3) is 0.250. The molecule has 2 nitrogen and oxygen atoms in total. The first-order chi connectivity index (χ1) is 7.11. The van der Waals surface area contributed by atoms with E-state index >= 15 is 0 Å². The van der Waals surface area contributed by atoms with Crippen molar-refractivity contribution in [3.8, 4) is 11.8 Å². The molecule has 1 rings (SSSR count). The van der Waals surface area contributed by atoms with Gasteiger partial charge in [-0.05, 0) is 19.1 Å². The smallest absolute Gasteiger partial charge is 0.217 e. The van der Waals surface area contributed by atoms with Crippen LogP contribution in [-0.4, -0.2) is 12.5 Å². The summed E-state index contributed by atoms with van der Waals surface area (Å²) in [6.07, 6.45) is 0. The average molecular weight is 205 g/mol. The molecule has 15 heavy (non-hydrogen) atoms. The lowest BCUT2D eigenvalue weighted by molar-refractivity contribution is -0.118. The summed E-state index contributed by atoms with van der Waals surface area (Å²) < 4.78 is 13.1. The van der Waals surface area contributed by atoms with Crippen molar-refractivity contribution < 1.29 is 9.18 Å². The minimum Gasteiger partial charge on any atom is -0.345 e. The molecular weight excluding hydrogens is 193 g/mol. The molecule has 0 unspecified atom stereocenters. The summed E-state index contributed by atoms with van der Waals surface area (Å²) in [6, 6.07) is 4.76. The van der Waals surface area contributed by atoms with Gasteiger partial charge < -0.3 is 5.32 Å². The second-order valence-electron chi connectivity index (χ2n) is 3.12. The third-order valence-corrected chi connectivity index (χ3v) is 1.92. The Morgan fingerprint density at radius 3 is 2.93 bits per heavy atom. The van der Waals surface area contributed by atoms with E-state index in [4.69, 9.17) is 0 Å². The monoisotopic (exact) mass is 205 g/mol. The second kappa shape index (κ2) is 5.16. The van der Waals surface area contributed by atoms with Gasteiger partial charge in [0.25, 0.3) is 0 Å². The number of amides is 1. The largest absolute Gasteiger partial charge is 0.345 e. The number of carbonyl (C=O) groups is 1. The Morgan fingerprint density at radius 1 is 1.53 bits per heavy atom. The summed E-state index contributed by atoms with van der Waals surface area (Å²) >= 11 is 0. The lowest BCUT2D eigenvalue weighted by atomic mass is 10.1. The molecule has 1 amide bonds. The minimum absolute atomic E-state index is 0.125. The van der Waals surface area contributed by atoms with Crippen molar-refractivity contribution in [2.75, 3.05) is 6.54 Å². The van der Waals surface area contributed by atoms with Crippen LogP contribution >= 0.6 is 0 Å². The van der Waals surface area contributed by atoms with Crippen LogP contribution in [0.4, 0.5) is 4.39 Å². The topological polar surface area (TPSA) is 29.1 Å². The van der Waals surface area contributed by atoms with Crippen LogP contribution in [0.15, 0.2) is 18.2 Å². The van der Waals surface area contributed by atoms with E-state index in [0.717, 1.165) is 0 Å². The van der Waals surface area contributed by atoms with E-state index < -0.39 is 0 Å². The highest BCUT2D eigenvalue weighted by Crippen LogP contribution is 2.10. The van der Waals surface area contributed by atoms with E-state index in [1.807, 2.05) is 0 Å². The Labute approximate surface area is 88.5 Å². The Balaban J connectivity index is 2.72. The van der Waals surface area contributed by atoms with Gasteiger partial charge in [0, 0.05) is 18.1 Å². The first-order valence-electron chi connectivity index (χ1n) is 4.59. The predicted octanol–water partition coefficient (Wildman–Crippen LogP) is 1.62. The highest BCUT2D eigenvalue weighted by Gasteiger charge is 1.99. The van der Waals surface area contributed by atoms with Crippen LogP contribution in [-0.2, 0) is 4.79 Å². The molecule has 0 heterocycles. The van der Waals surface area contributed by atoms with Crippen molar-refractivity contribution in [3.05, 3.63) is 35.1 Å². The Morgan fingerprint density at radius 2 is 2.27 bits per heavy atom. The standard InChI is InChI=1S/C12H12FNO/c1-9-11(5-3-7-12(9)13)6-4-8-14-10(2)15/h3,5,7H,8H2,1-2H3,(H,14,15). The summed E-state index contributed by atoms with van der Waals surface area (Å²) in [5.74, 6) is 5.17. The molecule has 0 fully saturated rings. The van der Waals surface area contributed by atoms with Gasteiger partial charge in [0.15, 0.2) is 0 Å². The second-order valence-corrected chi connectivity index (χ2v) is 3.12. The molecule has 0 bridgehead atoms. The first kappa shape index (κ1) is 11.3. The van der Waals surface area contributed by atoms with Crippen molar-refractivity contribution >= 4 is 5.91 Å². The zero-order valence-electron chi connectivity index (χ0n) is 8.73. The number of hydrogen-bond donors (Lipinski definition) is 1. The summed E-state index contributed by atoms with van der Waals surface area (Å²) in [4.78, 5) is 10.5. The summed E-state index contributed by atoms with van der Waals surface area (Å²) in [5, 5.41) is 2.54. The van der Waals surface area contributed by atoms with Gasteiger partial charge in [-0.3, -0.25) is 4.79 Å². The van der Waals surface area contributed by atoms with E-state index in [1.165, 1.54) is 13.0 Å². The number of rotatable bonds is 1. The highest BCUT2D eigenvalue weighted by atomic mass is 19.1. The van der Waals surface area contributed by atoms with Crippen molar-refractivity contribution in [2.24, 2.45) is 0 Å². The molecule has 0 aliphatic rings. The van der Waals surface area contributed by atoms with Crippen molar-refractivity contribution in [3.63, 3.8) is 0 Å². The summed E-state index contributed by atoms with van der Waals surface area (Å²) in [6.45, 7) is 3.39. The number of carbonyl (C=O) groups excluding carboxylic acids is 1. The molecule has 0 aromatic heterocycles. The Hall–Kier alpha value is -1.82. The SMILES string of the molecule is CC(=O)NCC#Cc1cccc(F)c1C. The van der Waals surface area contributed by atoms with Gasteiger partial charge in [-0.1, -0.05) is 17.9 Å². The molecule has 0 saturated heterocycles. The minimum atomic E-state index is -0.263. The van der Waals surface area contributed by atoms with E-state index in [9.17, 15) is 9.18 Å². The molecule has 0 atom stereocenters. The molecule has 1 N–H and O–H groups in total. The van der Waals surface area contributed by atoms with Gasteiger partial charge >= 0.3 is 0 Å². The number of hydrogen-bond acceptors (Lipinski definition) is 1. The van der Waals surface area contributed by atoms with E-state index in [2.05, 4.69) is 17.2 Å². The lowest BCUT2D eigenvalue weighted by Gasteiger charge is -1.98. The average Bonchev–Trinajstić information content (AvgIpc) is 2.18. The molecule has 1 aromatic rings. The van der Waals surface area contributed by atoms with Crippen LogP contribution < -0.4 is 5.32 Å². The molecule has 0 spiro atoms. The van der Waals surface area contributed by atoms with Crippen LogP contribution in [0, 0.1) is 24.6 Å². The maximum Gasteiger partial charge on any atom is 0.217 e. The lowest BCUT2D eigenvalue weighted by Crippen LogP contribution is -2.19. The highest BCUT2D eigenvalue weighted by molar-refractivity contribution is 5.73. The normalized spacial score (nSPS) is 9.00. The molecule has 1 aromatic carbocycles. The third-order valence-electron chi connectivity index (χ3n) is 1.92. The van der Waals surface area contributed by atoms with E-state index in [-0.39, 0.29) is 18.3 Å². The van der Waals surface area contributed by atoms with E-state index in [1.54, 1.807) is 19.1 Å². The van der Waals surface area contributed by atoms with Gasteiger partial charge in [-0.25, -0.2) is 4.39 Å². The van der Waals surface area contributed by atoms with Crippen LogP contribution in [0.2, 0.25) is 0 Å². The summed E-state index contributed by atoms with van der Waals surface area (Å²) in [7, 11) is 0. The molecule has 3 heteroatoms. The predicted molar refractivity (Wildman–Crippen MR) is 56.7 cm³/mol. The maximum atomic E-state index is 13.1. The molecule has 0 radical (unpaired) electrons. The first-order valence-corrected chi connectivity index (χ1v) is 4.59. The maximum absolute atomic E-state index is 13.1. The molecule has 0 aliphatic heterocycles. The fourth-order valence-electron chi connectivity index (χ4n) is 1.05. The number of halogens is 1.